The number of rotatable bonds is 3. The minimum atomic E-state index is -0.589. The lowest BCUT2D eigenvalue weighted by molar-refractivity contribution is 0.0525. The first kappa shape index (κ1) is 12.6. The molecule has 4 nitrogen and oxygen atoms in total. The highest BCUT2D eigenvalue weighted by Gasteiger charge is 2.15. The molecule has 1 aromatic rings. The van der Waals surface area contributed by atoms with Crippen LogP contribution < -0.4 is 0 Å². The molecule has 0 amide bonds. The zero-order valence-electron chi connectivity index (χ0n) is 8.61. The number of phenolic OH excluding ortho intramolecular Hbond substituents is 2. The Bertz CT molecular complexity index is 426. The molecule has 0 atom stereocenters. The van der Waals surface area contributed by atoms with Gasteiger partial charge in [0.15, 0.2) is 0 Å². The van der Waals surface area contributed by atoms with Crippen LogP contribution in [0.4, 0.5) is 0 Å². The molecule has 0 radical (unpaired) electrons. The average molecular weight is 287 g/mol. The van der Waals surface area contributed by atoms with Crippen molar-refractivity contribution in [2.45, 2.75) is 6.92 Å². The first-order valence-electron chi connectivity index (χ1n) is 4.60. The Kier molecular flexibility index (Phi) is 4.37. The molecule has 0 saturated carbocycles. The van der Waals surface area contributed by atoms with Crippen LogP contribution in [0.25, 0.3) is 6.08 Å². The Balaban J connectivity index is 3.28. The number of halogens is 1. The number of esters is 1. The quantitative estimate of drug-likeness (QED) is 0.839. The van der Waals surface area contributed by atoms with Gasteiger partial charge in [-0.15, -0.1) is 0 Å². The molecule has 86 valence electrons. The summed E-state index contributed by atoms with van der Waals surface area (Å²) in [6.45, 7) is 1.91. The number of phenols is 2. The van der Waals surface area contributed by atoms with Crippen molar-refractivity contribution in [1.29, 1.82) is 0 Å². The van der Waals surface area contributed by atoms with E-state index in [0.29, 0.717) is 5.56 Å². The second-order valence-electron chi connectivity index (χ2n) is 2.94. The largest absolute Gasteiger partial charge is 0.508 e. The molecule has 0 bridgehead atoms. The highest BCUT2D eigenvalue weighted by atomic mass is 79.9. The molecule has 16 heavy (non-hydrogen) atoms. The average Bonchev–Trinajstić information content (AvgIpc) is 2.22. The Morgan fingerprint density at radius 1 is 1.50 bits per heavy atom. The van der Waals surface area contributed by atoms with Gasteiger partial charge in [-0.05, 0) is 24.1 Å². The lowest BCUT2D eigenvalue weighted by atomic mass is 10.1. The highest BCUT2D eigenvalue weighted by Crippen LogP contribution is 2.29. The monoisotopic (exact) mass is 286 g/mol. The SMILES string of the molecule is CCOC(=O)c1cc(O)cc(O)c1/C=C/Br. The fourth-order valence-corrected chi connectivity index (χ4v) is 1.50. The molecule has 1 rings (SSSR count). The van der Waals surface area contributed by atoms with Crippen molar-refractivity contribution in [2.75, 3.05) is 6.61 Å². The van der Waals surface area contributed by atoms with Crippen LogP contribution in [0.3, 0.4) is 0 Å². The van der Waals surface area contributed by atoms with Gasteiger partial charge in [-0.25, -0.2) is 4.79 Å². The van der Waals surface area contributed by atoms with Crippen LogP contribution in [0.1, 0.15) is 22.8 Å². The summed E-state index contributed by atoms with van der Waals surface area (Å²) in [6.07, 6.45) is 1.50. The number of ether oxygens (including phenoxy) is 1. The van der Waals surface area contributed by atoms with Crippen LogP contribution in [0, 0.1) is 0 Å². The van der Waals surface area contributed by atoms with Crippen LogP contribution in [-0.4, -0.2) is 22.8 Å². The maximum absolute atomic E-state index is 11.6. The van der Waals surface area contributed by atoms with E-state index in [9.17, 15) is 15.0 Å². The van der Waals surface area contributed by atoms with Gasteiger partial charge < -0.3 is 14.9 Å². The second-order valence-corrected chi connectivity index (χ2v) is 3.47. The molecule has 1 aromatic carbocycles. The lowest BCUT2D eigenvalue weighted by Crippen LogP contribution is -2.06. The van der Waals surface area contributed by atoms with Crippen molar-refractivity contribution in [2.24, 2.45) is 0 Å². The predicted molar refractivity (Wildman–Crippen MR) is 63.7 cm³/mol. The van der Waals surface area contributed by atoms with Gasteiger partial charge in [0.25, 0.3) is 0 Å². The minimum Gasteiger partial charge on any atom is -0.508 e. The summed E-state index contributed by atoms with van der Waals surface area (Å²) in [5.74, 6) is -0.958. The van der Waals surface area contributed by atoms with Gasteiger partial charge in [0.1, 0.15) is 11.5 Å². The van der Waals surface area contributed by atoms with Crippen molar-refractivity contribution in [3.63, 3.8) is 0 Å². The van der Waals surface area contributed by atoms with Gasteiger partial charge in [0.2, 0.25) is 0 Å². The highest BCUT2D eigenvalue weighted by molar-refractivity contribution is 9.11. The predicted octanol–water partition coefficient (Wildman–Crippen LogP) is 2.64. The number of hydrogen-bond acceptors (Lipinski definition) is 4. The fourth-order valence-electron chi connectivity index (χ4n) is 1.24. The maximum Gasteiger partial charge on any atom is 0.339 e. The zero-order valence-corrected chi connectivity index (χ0v) is 10.2. The third-order valence-corrected chi connectivity index (χ3v) is 2.13. The van der Waals surface area contributed by atoms with Crippen LogP contribution in [0.15, 0.2) is 17.1 Å². The first-order valence-corrected chi connectivity index (χ1v) is 5.51. The van der Waals surface area contributed by atoms with Crippen LogP contribution in [-0.2, 0) is 4.74 Å². The Morgan fingerprint density at radius 3 is 2.75 bits per heavy atom. The molecule has 0 unspecified atom stereocenters. The molecule has 0 aliphatic rings. The number of carbonyl (C=O) groups excluding carboxylic acids is 1. The van der Waals surface area contributed by atoms with Crippen molar-refractivity contribution in [3.8, 4) is 11.5 Å². The van der Waals surface area contributed by atoms with Crippen molar-refractivity contribution in [3.05, 3.63) is 28.2 Å². The van der Waals surface area contributed by atoms with E-state index in [2.05, 4.69) is 15.9 Å². The van der Waals surface area contributed by atoms with Gasteiger partial charge >= 0.3 is 5.97 Å². The summed E-state index contributed by atoms with van der Waals surface area (Å²) < 4.78 is 4.81. The molecule has 2 N–H and O–H groups in total. The second kappa shape index (κ2) is 5.55. The molecule has 0 aromatic heterocycles. The summed E-state index contributed by atoms with van der Waals surface area (Å²) >= 11 is 3.05. The topological polar surface area (TPSA) is 66.8 Å². The number of benzene rings is 1. The molecule has 0 spiro atoms. The minimum absolute atomic E-state index is 0.120. The van der Waals surface area contributed by atoms with Crippen molar-refractivity contribution in [1.82, 2.24) is 0 Å². The van der Waals surface area contributed by atoms with E-state index in [-0.39, 0.29) is 23.7 Å². The third kappa shape index (κ3) is 2.76. The van der Waals surface area contributed by atoms with E-state index in [1.54, 1.807) is 6.92 Å². The summed E-state index contributed by atoms with van der Waals surface area (Å²) in [5, 5.41) is 18.9. The van der Waals surface area contributed by atoms with Crippen LogP contribution in [0.5, 0.6) is 11.5 Å². The number of hydrogen-bond donors (Lipinski definition) is 2. The summed E-state index contributed by atoms with van der Waals surface area (Å²) in [4.78, 5) is 13.1. The zero-order chi connectivity index (χ0) is 12.1. The molecule has 5 heteroatoms. The lowest BCUT2D eigenvalue weighted by Gasteiger charge is -2.08. The van der Waals surface area contributed by atoms with Gasteiger partial charge in [-0.2, -0.15) is 0 Å². The molecular formula is C11H11BrO4. The third-order valence-electron chi connectivity index (χ3n) is 1.87. The van der Waals surface area contributed by atoms with Crippen LogP contribution >= 0.6 is 15.9 Å². The van der Waals surface area contributed by atoms with Gasteiger partial charge in [-0.1, -0.05) is 15.9 Å². The summed E-state index contributed by atoms with van der Waals surface area (Å²) in [6, 6.07) is 2.41. The number of aromatic hydroxyl groups is 2. The molecule has 0 aliphatic carbocycles. The molecule has 0 fully saturated rings. The molecular weight excluding hydrogens is 276 g/mol. The van der Waals surface area contributed by atoms with E-state index in [0.717, 1.165) is 6.07 Å². The van der Waals surface area contributed by atoms with E-state index >= 15 is 0 Å². The smallest absolute Gasteiger partial charge is 0.339 e. The Hall–Kier alpha value is -1.49. The maximum atomic E-state index is 11.6. The molecule has 0 aliphatic heterocycles. The molecule has 0 heterocycles. The summed E-state index contributed by atoms with van der Waals surface area (Å²) in [7, 11) is 0. The van der Waals surface area contributed by atoms with Crippen molar-refractivity contribution < 1.29 is 19.7 Å². The van der Waals surface area contributed by atoms with E-state index in [1.807, 2.05) is 0 Å². The number of carbonyl (C=O) groups is 1. The Morgan fingerprint density at radius 2 is 2.19 bits per heavy atom. The normalized spacial score (nSPS) is 10.6. The van der Waals surface area contributed by atoms with Gasteiger partial charge in [0, 0.05) is 11.6 Å². The fraction of sp³-hybridized carbons (Fsp3) is 0.182. The summed E-state index contributed by atoms with van der Waals surface area (Å²) in [5.41, 5.74) is 0.420. The van der Waals surface area contributed by atoms with Gasteiger partial charge in [0.05, 0.1) is 12.2 Å². The van der Waals surface area contributed by atoms with E-state index < -0.39 is 5.97 Å². The van der Waals surface area contributed by atoms with E-state index in [4.69, 9.17) is 4.74 Å². The van der Waals surface area contributed by atoms with Crippen molar-refractivity contribution >= 4 is 28.0 Å². The first-order chi connectivity index (χ1) is 7.60. The molecule has 0 saturated heterocycles. The Labute approximate surface area is 101 Å². The van der Waals surface area contributed by atoms with Crippen LogP contribution in [0.2, 0.25) is 0 Å². The van der Waals surface area contributed by atoms with E-state index in [1.165, 1.54) is 17.1 Å². The standard InChI is InChI=1S/C11H11BrO4/c1-2-16-11(15)9-5-7(13)6-10(14)8(9)3-4-12/h3-6,13-14H,2H2,1H3/b4-3+. The van der Waals surface area contributed by atoms with Gasteiger partial charge in [-0.3, -0.25) is 0 Å².